The number of hydrogen-bond acceptors (Lipinski definition) is 8. The van der Waals surface area contributed by atoms with E-state index in [1.165, 1.54) is 18.2 Å². The highest BCUT2D eigenvalue weighted by atomic mass is 79.9. The lowest BCUT2D eigenvalue weighted by molar-refractivity contribution is 0.309. The SMILES string of the molecule is CC(CN)Nc1nonc1-c1noc(=O)n1-c1ccc(F)c(Br)c1. The Labute approximate surface area is 142 Å². The molecule has 9 nitrogen and oxygen atoms in total. The van der Waals surface area contributed by atoms with Crippen molar-refractivity contribution in [3.63, 3.8) is 0 Å². The summed E-state index contributed by atoms with van der Waals surface area (Å²) >= 11 is 3.07. The number of nitrogens with one attached hydrogen (secondary N) is 1. The van der Waals surface area contributed by atoms with E-state index in [2.05, 4.69) is 36.7 Å². The first-order chi connectivity index (χ1) is 11.5. The van der Waals surface area contributed by atoms with Crippen molar-refractivity contribution in [1.82, 2.24) is 20.0 Å². The van der Waals surface area contributed by atoms with Crippen LogP contribution in [0.5, 0.6) is 0 Å². The number of benzene rings is 1. The van der Waals surface area contributed by atoms with Crippen LogP contribution in [-0.2, 0) is 0 Å². The summed E-state index contributed by atoms with van der Waals surface area (Å²) in [5.41, 5.74) is 6.07. The average Bonchev–Trinajstić information content (AvgIpc) is 3.16. The molecule has 0 aliphatic heterocycles. The summed E-state index contributed by atoms with van der Waals surface area (Å²) in [6, 6.07) is 3.92. The van der Waals surface area contributed by atoms with Gasteiger partial charge in [0, 0.05) is 12.6 Å². The maximum Gasteiger partial charge on any atom is 0.446 e. The molecule has 2 aromatic heterocycles. The smallest absolute Gasteiger partial charge is 0.362 e. The van der Waals surface area contributed by atoms with Crippen LogP contribution in [0.1, 0.15) is 6.92 Å². The maximum absolute atomic E-state index is 13.4. The summed E-state index contributed by atoms with van der Waals surface area (Å²) in [5.74, 6) is -0.904. The van der Waals surface area contributed by atoms with Gasteiger partial charge in [0.25, 0.3) is 0 Å². The maximum atomic E-state index is 13.4. The van der Waals surface area contributed by atoms with Crippen molar-refractivity contribution in [2.45, 2.75) is 13.0 Å². The van der Waals surface area contributed by atoms with Crippen molar-refractivity contribution < 1.29 is 13.5 Å². The Hall–Kier alpha value is -2.53. The van der Waals surface area contributed by atoms with E-state index in [-0.39, 0.29) is 27.9 Å². The van der Waals surface area contributed by atoms with Gasteiger partial charge in [-0.05, 0) is 51.4 Å². The summed E-state index contributed by atoms with van der Waals surface area (Å²) in [7, 11) is 0. The van der Waals surface area contributed by atoms with Gasteiger partial charge in [-0.3, -0.25) is 4.52 Å². The lowest BCUT2D eigenvalue weighted by Gasteiger charge is -2.10. The molecule has 2 heterocycles. The third-order valence-corrected chi connectivity index (χ3v) is 3.81. The van der Waals surface area contributed by atoms with Crippen LogP contribution in [0.4, 0.5) is 10.2 Å². The molecule has 0 bridgehead atoms. The van der Waals surface area contributed by atoms with Gasteiger partial charge in [0.1, 0.15) is 5.82 Å². The highest BCUT2D eigenvalue weighted by Gasteiger charge is 2.23. The second-order valence-electron chi connectivity index (χ2n) is 4.95. The van der Waals surface area contributed by atoms with Crippen molar-refractivity contribution in [3.05, 3.63) is 39.0 Å². The Morgan fingerprint density at radius 1 is 1.42 bits per heavy atom. The Morgan fingerprint density at radius 2 is 2.21 bits per heavy atom. The van der Waals surface area contributed by atoms with Crippen LogP contribution in [0.25, 0.3) is 17.2 Å². The minimum Gasteiger partial charge on any atom is -0.362 e. The van der Waals surface area contributed by atoms with Gasteiger partial charge in [0.15, 0.2) is 5.69 Å². The van der Waals surface area contributed by atoms with Crippen LogP contribution >= 0.6 is 15.9 Å². The Balaban J connectivity index is 2.10. The molecule has 0 spiro atoms. The largest absolute Gasteiger partial charge is 0.446 e. The molecule has 24 heavy (non-hydrogen) atoms. The fraction of sp³-hybridized carbons (Fsp3) is 0.231. The average molecular weight is 399 g/mol. The third kappa shape index (κ3) is 2.95. The van der Waals surface area contributed by atoms with E-state index in [0.717, 1.165) is 4.57 Å². The van der Waals surface area contributed by atoms with E-state index in [4.69, 9.17) is 14.9 Å². The molecular weight excluding hydrogens is 387 g/mol. The van der Waals surface area contributed by atoms with E-state index < -0.39 is 11.6 Å². The molecular formula is C13H12BrFN6O3. The summed E-state index contributed by atoms with van der Waals surface area (Å²) in [4.78, 5) is 12.0. The molecule has 0 saturated heterocycles. The topological polar surface area (TPSA) is 125 Å². The zero-order valence-corrected chi connectivity index (χ0v) is 13.9. The molecule has 0 radical (unpaired) electrons. The van der Waals surface area contributed by atoms with E-state index in [0.29, 0.717) is 12.2 Å². The van der Waals surface area contributed by atoms with Crippen molar-refractivity contribution >= 4 is 21.7 Å². The lowest BCUT2D eigenvalue weighted by Crippen LogP contribution is -2.25. The molecule has 0 aliphatic rings. The summed E-state index contributed by atoms with van der Waals surface area (Å²) < 4.78 is 24.2. The fourth-order valence-electron chi connectivity index (χ4n) is 1.97. The van der Waals surface area contributed by atoms with Crippen LogP contribution in [0.15, 0.2) is 36.6 Å². The highest BCUT2D eigenvalue weighted by molar-refractivity contribution is 9.10. The molecule has 3 rings (SSSR count). The quantitative estimate of drug-likeness (QED) is 0.662. The molecule has 0 saturated carbocycles. The summed E-state index contributed by atoms with van der Waals surface area (Å²) in [5, 5.41) is 14.2. The molecule has 1 aromatic carbocycles. The van der Waals surface area contributed by atoms with Crippen molar-refractivity contribution in [3.8, 4) is 17.2 Å². The van der Waals surface area contributed by atoms with E-state index >= 15 is 0 Å². The van der Waals surface area contributed by atoms with Crippen LogP contribution < -0.4 is 16.8 Å². The van der Waals surface area contributed by atoms with Crippen LogP contribution in [0.3, 0.4) is 0 Å². The van der Waals surface area contributed by atoms with Gasteiger partial charge in [-0.1, -0.05) is 5.16 Å². The third-order valence-electron chi connectivity index (χ3n) is 3.20. The van der Waals surface area contributed by atoms with Gasteiger partial charge < -0.3 is 11.1 Å². The van der Waals surface area contributed by atoms with Crippen molar-refractivity contribution in [1.29, 1.82) is 0 Å². The van der Waals surface area contributed by atoms with Gasteiger partial charge in [-0.2, -0.15) is 0 Å². The fourth-order valence-corrected chi connectivity index (χ4v) is 2.34. The normalized spacial score (nSPS) is 12.3. The van der Waals surface area contributed by atoms with Gasteiger partial charge >= 0.3 is 5.76 Å². The molecule has 3 aromatic rings. The van der Waals surface area contributed by atoms with E-state index in [1.54, 1.807) is 0 Å². The van der Waals surface area contributed by atoms with Crippen molar-refractivity contribution in [2.24, 2.45) is 5.73 Å². The Bertz CT molecular complexity index is 921. The molecule has 0 fully saturated rings. The summed E-state index contributed by atoms with van der Waals surface area (Å²) in [6.45, 7) is 2.19. The minimum absolute atomic E-state index is 0.0616. The number of hydrogen-bond donors (Lipinski definition) is 2. The van der Waals surface area contributed by atoms with Gasteiger partial charge in [0.05, 0.1) is 10.2 Å². The molecule has 1 atom stereocenters. The standard InChI is InChI=1S/C13H12BrFN6O3/c1-6(5-16)17-11-10(18-24-19-11)12-20-23-13(22)21(12)7-2-3-9(15)8(14)4-7/h2-4,6H,5,16H2,1H3,(H,17,19). The van der Waals surface area contributed by atoms with E-state index in [9.17, 15) is 9.18 Å². The van der Waals surface area contributed by atoms with Crippen LogP contribution in [-0.4, -0.2) is 32.6 Å². The minimum atomic E-state index is -0.760. The van der Waals surface area contributed by atoms with E-state index in [1.807, 2.05) is 6.92 Å². The monoisotopic (exact) mass is 398 g/mol. The Kier molecular flexibility index (Phi) is 4.44. The number of aromatic nitrogens is 4. The zero-order chi connectivity index (χ0) is 17.3. The second kappa shape index (κ2) is 6.53. The molecule has 11 heteroatoms. The van der Waals surface area contributed by atoms with Crippen LogP contribution in [0.2, 0.25) is 0 Å². The first kappa shape index (κ1) is 16.3. The first-order valence-electron chi connectivity index (χ1n) is 6.85. The van der Waals surface area contributed by atoms with Gasteiger partial charge in [0.2, 0.25) is 11.6 Å². The van der Waals surface area contributed by atoms with Gasteiger partial charge in [-0.25, -0.2) is 18.4 Å². The first-order valence-corrected chi connectivity index (χ1v) is 7.64. The number of anilines is 1. The molecule has 1 unspecified atom stereocenters. The van der Waals surface area contributed by atoms with Crippen LogP contribution in [0, 0.1) is 5.82 Å². The summed E-state index contributed by atoms with van der Waals surface area (Å²) in [6.07, 6.45) is 0. The Morgan fingerprint density at radius 3 is 2.92 bits per heavy atom. The second-order valence-corrected chi connectivity index (χ2v) is 5.80. The highest BCUT2D eigenvalue weighted by Crippen LogP contribution is 2.26. The molecule has 126 valence electrons. The zero-order valence-electron chi connectivity index (χ0n) is 12.4. The lowest BCUT2D eigenvalue weighted by atomic mass is 10.3. The number of rotatable bonds is 5. The molecule has 3 N–H and O–H groups in total. The van der Waals surface area contributed by atoms with Gasteiger partial charge in [-0.15, -0.1) is 0 Å². The predicted molar refractivity (Wildman–Crippen MR) is 85.2 cm³/mol. The number of halogens is 2. The predicted octanol–water partition coefficient (Wildman–Crippen LogP) is 1.54. The number of nitrogens with zero attached hydrogens (tertiary/aromatic N) is 4. The molecule has 0 aliphatic carbocycles. The van der Waals surface area contributed by atoms with Crippen molar-refractivity contribution in [2.75, 3.05) is 11.9 Å². The molecule has 0 amide bonds. The number of nitrogens with two attached hydrogens (primary N) is 1.